The van der Waals surface area contributed by atoms with Gasteiger partial charge in [-0.2, -0.15) is 0 Å². The lowest BCUT2D eigenvalue weighted by atomic mass is 9.97. The Labute approximate surface area is 157 Å². The number of benzene rings is 2. The highest BCUT2D eigenvalue weighted by Gasteiger charge is 2.33. The summed E-state index contributed by atoms with van der Waals surface area (Å²) < 4.78 is 10.9. The third-order valence-corrected chi connectivity index (χ3v) is 5.30. The zero-order valence-electron chi connectivity index (χ0n) is 16.0. The van der Waals surface area contributed by atoms with Crippen LogP contribution < -0.4 is 9.31 Å². The smallest absolute Gasteiger partial charge is 0.498 e. The maximum absolute atomic E-state index is 9.68. The summed E-state index contributed by atoms with van der Waals surface area (Å²) in [5.41, 5.74) is 1.18. The SMILES string of the molecule is CCCCCCCCCCCCc1c2c(cc3ccccc13)OB(O)O2. The molecule has 0 saturated heterocycles. The molecular formula is C22H31BO3. The van der Waals surface area contributed by atoms with E-state index in [0.717, 1.165) is 24.0 Å². The first-order valence-electron chi connectivity index (χ1n) is 10.4. The molecule has 2 aromatic rings. The Kier molecular flexibility index (Phi) is 7.25. The van der Waals surface area contributed by atoms with Gasteiger partial charge in [0.15, 0.2) is 0 Å². The van der Waals surface area contributed by atoms with Crippen LogP contribution in [0.5, 0.6) is 11.5 Å². The van der Waals surface area contributed by atoms with Crippen molar-refractivity contribution in [2.45, 2.75) is 77.6 Å². The van der Waals surface area contributed by atoms with Crippen LogP contribution in [-0.4, -0.2) is 12.3 Å². The van der Waals surface area contributed by atoms with Crippen molar-refractivity contribution in [1.82, 2.24) is 0 Å². The van der Waals surface area contributed by atoms with Crippen LogP contribution in [-0.2, 0) is 6.42 Å². The molecule has 0 aliphatic carbocycles. The predicted molar refractivity (Wildman–Crippen MR) is 109 cm³/mol. The maximum atomic E-state index is 9.68. The van der Waals surface area contributed by atoms with Crippen LogP contribution in [0.25, 0.3) is 10.8 Å². The van der Waals surface area contributed by atoms with Crippen LogP contribution in [0.2, 0.25) is 0 Å². The van der Waals surface area contributed by atoms with E-state index < -0.39 is 7.32 Å². The monoisotopic (exact) mass is 354 g/mol. The fourth-order valence-corrected chi connectivity index (χ4v) is 3.86. The Morgan fingerprint density at radius 1 is 0.846 bits per heavy atom. The van der Waals surface area contributed by atoms with E-state index in [1.54, 1.807) is 0 Å². The molecule has 0 saturated carbocycles. The first kappa shape index (κ1) is 19.1. The molecular weight excluding hydrogens is 323 g/mol. The van der Waals surface area contributed by atoms with Crippen molar-refractivity contribution in [3.63, 3.8) is 0 Å². The summed E-state index contributed by atoms with van der Waals surface area (Å²) in [6, 6.07) is 10.3. The van der Waals surface area contributed by atoms with Gasteiger partial charge in [-0.1, -0.05) is 89.0 Å². The summed E-state index contributed by atoms with van der Waals surface area (Å²) in [4.78, 5) is 0. The first-order valence-corrected chi connectivity index (χ1v) is 10.4. The second-order valence-corrected chi connectivity index (χ2v) is 7.38. The highest BCUT2D eigenvalue weighted by atomic mass is 16.7. The number of hydrogen-bond donors (Lipinski definition) is 1. The molecule has 0 bridgehead atoms. The van der Waals surface area contributed by atoms with Gasteiger partial charge in [0, 0.05) is 5.56 Å². The van der Waals surface area contributed by atoms with Gasteiger partial charge in [0.05, 0.1) is 0 Å². The highest BCUT2D eigenvalue weighted by Crippen LogP contribution is 2.42. The van der Waals surface area contributed by atoms with E-state index in [2.05, 4.69) is 25.1 Å². The molecule has 1 N–H and O–H groups in total. The van der Waals surface area contributed by atoms with Gasteiger partial charge in [0.1, 0.15) is 11.5 Å². The molecule has 0 unspecified atom stereocenters. The molecule has 26 heavy (non-hydrogen) atoms. The summed E-state index contributed by atoms with van der Waals surface area (Å²) in [5, 5.41) is 12.0. The lowest BCUT2D eigenvalue weighted by molar-refractivity contribution is 0.341. The minimum absolute atomic E-state index is 0.665. The van der Waals surface area contributed by atoms with Crippen LogP contribution in [0.3, 0.4) is 0 Å². The fraction of sp³-hybridized carbons (Fsp3) is 0.545. The zero-order valence-corrected chi connectivity index (χ0v) is 16.0. The Balaban J connectivity index is 1.48. The molecule has 0 fully saturated rings. The van der Waals surface area contributed by atoms with Crippen molar-refractivity contribution in [3.8, 4) is 11.5 Å². The summed E-state index contributed by atoms with van der Waals surface area (Å²) in [7, 11) is -1.17. The van der Waals surface area contributed by atoms with Crippen molar-refractivity contribution < 1.29 is 14.3 Å². The third kappa shape index (κ3) is 4.94. The van der Waals surface area contributed by atoms with E-state index in [1.165, 1.54) is 68.7 Å². The lowest BCUT2D eigenvalue weighted by Gasteiger charge is -2.11. The number of unbranched alkanes of at least 4 members (excludes halogenated alkanes) is 9. The molecule has 0 spiro atoms. The Bertz CT molecular complexity index is 701. The van der Waals surface area contributed by atoms with E-state index >= 15 is 0 Å². The van der Waals surface area contributed by atoms with Gasteiger partial charge in [-0.15, -0.1) is 0 Å². The number of fused-ring (bicyclic) bond motifs is 2. The largest absolute Gasteiger partial charge is 0.785 e. The van der Waals surface area contributed by atoms with E-state index in [-0.39, 0.29) is 0 Å². The van der Waals surface area contributed by atoms with Crippen LogP contribution in [0.1, 0.15) is 76.7 Å². The van der Waals surface area contributed by atoms with Gasteiger partial charge in [-0.25, -0.2) is 0 Å². The number of hydrogen-bond acceptors (Lipinski definition) is 3. The molecule has 0 aromatic heterocycles. The Morgan fingerprint density at radius 3 is 2.23 bits per heavy atom. The molecule has 4 heteroatoms. The van der Waals surface area contributed by atoms with Crippen LogP contribution >= 0.6 is 0 Å². The van der Waals surface area contributed by atoms with Crippen molar-refractivity contribution in [2.24, 2.45) is 0 Å². The molecule has 1 aliphatic rings. The van der Waals surface area contributed by atoms with Crippen LogP contribution in [0.4, 0.5) is 0 Å². The van der Waals surface area contributed by atoms with Crippen molar-refractivity contribution >= 4 is 18.1 Å². The minimum atomic E-state index is -1.17. The van der Waals surface area contributed by atoms with Gasteiger partial charge in [-0.05, 0) is 29.7 Å². The average molecular weight is 354 g/mol. The lowest BCUT2D eigenvalue weighted by Crippen LogP contribution is -2.23. The Morgan fingerprint density at radius 2 is 1.50 bits per heavy atom. The van der Waals surface area contributed by atoms with Crippen molar-refractivity contribution in [1.29, 1.82) is 0 Å². The predicted octanol–water partition coefficient (Wildman–Crippen LogP) is 6.05. The Hall–Kier alpha value is -1.68. The average Bonchev–Trinajstić information content (AvgIpc) is 3.02. The standard InChI is InChI=1S/C22H31BO3/c1-2-3-4-5-6-7-8-9-10-11-16-20-19-15-13-12-14-18(19)17-21-22(20)26-23(24)25-21/h12-15,17,24H,2-11,16H2,1H3. The van der Waals surface area contributed by atoms with Gasteiger partial charge >= 0.3 is 7.32 Å². The maximum Gasteiger partial charge on any atom is 0.785 e. The van der Waals surface area contributed by atoms with E-state index in [1.807, 2.05) is 12.1 Å². The molecule has 0 radical (unpaired) electrons. The number of rotatable bonds is 11. The minimum Gasteiger partial charge on any atom is -0.498 e. The quantitative estimate of drug-likeness (QED) is 0.394. The molecule has 1 heterocycles. The molecule has 1 aliphatic heterocycles. The molecule has 3 nitrogen and oxygen atoms in total. The van der Waals surface area contributed by atoms with Gasteiger partial charge in [0.2, 0.25) is 0 Å². The first-order chi connectivity index (χ1) is 12.8. The summed E-state index contributed by atoms with van der Waals surface area (Å²) in [6.07, 6.45) is 14.3. The van der Waals surface area contributed by atoms with Crippen molar-refractivity contribution in [3.05, 3.63) is 35.9 Å². The van der Waals surface area contributed by atoms with Gasteiger partial charge in [0.25, 0.3) is 0 Å². The number of aryl methyl sites for hydroxylation is 1. The zero-order chi connectivity index (χ0) is 18.2. The summed E-state index contributed by atoms with van der Waals surface area (Å²) in [5.74, 6) is 1.39. The van der Waals surface area contributed by atoms with Crippen LogP contribution in [0, 0.1) is 0 Å². The van der Waals surface area contributed by atoms with Crippen LogP contribution in [0.15, 0.2) is 30.3 Å². The van der Waals surface area contributed by atoms with E-state index in [0.29, 0.717) is 5.75 Å². The second kappa shape index (κ2) is 9.87. The summed E-state index contributed by atoms with van der Waals surface area (Å²) >= 11 is 0. The summed E-state index contributed by atoms with van der Waals surface area (Å²) in [6.45, 7) is 2.27. The normalized spacial score (nSPS) is 12.9. The molecule has 140 valence electrons. The second-order valence-electron chi connectivity index (χ2n) is 7.38. The molecule has 0 atom stereocenters. The van der Waals surface area contributed by atoms with Crippen molar-refractivity contribution in [2.75, 3.05) is 0 Å². The third-order valence-electron chi connectivity index (χ3n) is 5.30. The molecule has 3 rings (SSSR count). The molecule has 2 aromatic carbocycles. The topological polar surface area (TPSA) is 38.7 Å². The fourth-order valence-electron chi connectivity index (χ4n) is 3.86. The van der Waals surface area contributed by atoms with Gasteiger partial charge in [-0.3, -0.25) is 0 Å². The van der Waals surface area contributed by atoms with E-state index in [9.17, 15) is 5.02 Å². The highest BCUT2D eigenvalue weighted by molar-refractivity contribution is 6.38. The molecule has 0 amide bonds. The van der Waals surface area contributed by atoms with Gasteiger partial charge < -0.3 is 14.3 Å². The van der Waals surface area contributed by atoms with E-state index in [4.69, 9.17) is 9.31 Å².